The van der Waals surface area contributed by atoms with Crippen LogP contribution in [-0.2, 0) is 20.9 Å². The fourth-order valence-electron chi connectivity index (χ4n) is 3.30. The molecule has 0 saturated carbocycles. The van der Waals surface area contributed by atoms with Crippen molar-refractivity contribution in [3.05, 3.63) is 94.0 Å². The fourth-order valence-corrected chi connectivity index (χ4v) is 3.96. The number of hydrogen-bond acceptors (Lipinski definition) is 5. The van der Waals surface area contributed by atoms with Crippen molar-refractivity contribution >= 4 is 40.9 Å². The number of halogens is 2. The molecule has 0 aliphatic heterocycles. The van der Waals surface area contributed by atoms with Crippen LogP contribution in [0, 0.1) is 0 Å². The van der Waals surface area contributed by atoms with Crippen molar-refractivity contribution in [2.45, 2.75) is 25.5 Å². The molecular weight excluding hydrogens is 475 g/mol. The van der Waals surface area contributed by atoms with Crippen LogP contribution in [0.1, 0.15) is 28.8 Å². The molecule has 0 saturated heterocycles. The molecule has 0 aliphatic carbocycles. The van der Waals surface area contributed by atoms with Gasteiger partial charge in [-0.05, 0) is 35.2 Å². The number of Topliss-reactive ketones (excluding diaryl/α,β-unsaturated/α-hetero) is 1. The average molecular weight is 499 g/mol. The van der Waals surface area contributed by atoms with E-state index in [1.165, 1.54) is 0 Å². The lowest BCUT2D eigenvalue weighted by Crippen LogP contribution is -2.42. The van der Waals surface area contributed by atoms with Crippen LogP contribution in [0.4, 0.5) is 0 Å². The number of hydrogen-bond donors (Lipinski definition) is 2. The second-order valence-corrected chi connectivity index (χ2v) is 8.40. The topological polar surface area (TPSA) is 98.5 Å². The third-order valence-electron chi connectivity index (χ3n) is 5.13. The molecule has 3 N–H and O–H groups in total. The molecule has 0 unspecified atom stereocenters. The first-order valence-corrected chi connectivity index (χ1v) is 11.4. The number of nitrogens with one attached hydrogen (secondary N) is 1. The van der Waals surface area contributed by atoms with E-state index in [2.05, 4.69) is 5.32 Å². The zero-order valence-electron chi connectivity index (χ0n) is 18.3. The third-order valence-corrected chi connectivity index (χ3v) is 5.73. The predicted molar refractivity (Wildman–Crippen MR) is 133 cm³/mol. The van der Waals surface area contributed by atoms with E-state index in [1.807, 2.05) is 60.7 Å². The highest BCUT2D eigenvalue weighted by Gasteiger charge is 2.26. The van der Waals surface area contributed by atoms with Crippen LogP contribution in [-0.4, -0.2) is 30.2 Å². The molecule has 0 spiro atoms. The van der Waals surface area contributed by atoms with Gasteiger partial charge < -0.3 is 15.8 Å². The quantitative estimate of drug-likeness (QED) is 0.390. The first-order valence-electron chi connectivity index (χ1n) is 10.7. The van der Waals surface area contributed by atoms with Crippen LogP contribution < -0.4 is 11.1 Å². The minimum absolute atomic E-state index is 0.0102. The van der Waals surface area contributed by atoms with E-state index in [9.17, 15) is 14.4 Å². The molecule has 3 aromatic rings. The number of carbonyl (C=O) groups is 3. The van der Waals surface area contributed by atoms with Crippen LogP contribution >= 0.6 is 23.2 Å². The van der Waals surface area contributed by atoms with Gasteiger partial charge in [0.25, 0.3) is 5.91 Å². The van der Waals surface area contributed by atoms with E-state index in [0.29, 0.717) is 0 Å². The minimum Gasteiger partial charge on any atom is -0.459 e. The van der Waals surface area contributed by atoms with Gasteiger partial charge >= 0.3 is 5.97 Å². The Morgan fingerprint density at radius 3 is 2.06 bits per heavy atom. The lowest BCUT2D eigenvalue weighted by molar-refractivity contribution is -0.147. The van der Waals surface area contributed by atoms with Crippen LogP contribution in [0.2, 0.25) is 10.0 Å². The number of ether oxygens (including phenoxy) is 1. The van der Waals surface area contributed by atoms with Crippen molar-refractivity contribution in [1.29, 1.82) is 0 Å². The molecule has 0 radical (unpaired) electrons. The van der Waals surface area contributed by atoms with Crippen molar-refractivity contribution in [3.63, 3.8) is 0 Å². The van der Waals surface area contributed by atoms with Crippen molar-refractivity contribution in [3.8, 4) is 11.1 Å². The van der Waals surface area contributed by atoms with E-state index < -0.39 is 17.9 Å². The standard InChI is InChI=1S/C26H24Cl2N2O4/c27-21-13-19(18-9-5-2-6-10-18)14-22(28)24(21)25(32)30-23(12-11-20(31)15-29)26(33)34-16-17-7-3-1-4-8-17/h1-10,13-14,23H,11-12,15-16,29H2,(H,30,32)/t23-/m0/s1. The molecule has 3 rings (SSSR count). The molecule has 0 bridgehead atoms. The maximum Gasteiger partial charge on any atom is 0.328 e. The highest BCUT2D eigenvalue weighted by Crippen LogP contribution is 2.32. The Morgan fingerprint density at radius 1 is 0.882 bits per heavy atom. The van der Waals surface area contributed by atoms with Gasteiger partial charge in [0.2, 0.25) is 0 Å². The normalized spacial score (nSPS) is 11.5. The molecular formula is C26H24Cl2N2O4. The summed E-state index contributed by atoms with van der Waals surface area (Å²) in [5.74, 6) is -1.55. The summed E-state index contributed by atoms with van der Waals surface area (Å²) in [6.07, 6.45) is 0.0447. The minimum atomic E-state index is -1.08. The zero-order valence-corrected chi connectivity index (χ0v) is 19.8. The number of benzene rings is 3. The molecule has 0 heterocycles. The molecule has 176 valence electrons. The Labute approximate surface area is 208 Å². The van der Waals surface area contributed by atoms with E-state index in [4.69, 9.17) is 33.7 Å². The van der Waals surface area contributed by atoms with Crippen LogP contribution in [0.15, 0.2) is 72.8 Å². The van der Waals surface area contributed by atoms with Crippen LogP contribution in [0.25, 0.3) is 11.1 Å². The molecule has 8 heteroatoms. The second-order valence-electron chi connectivity index (χ2n) is 7.58. The Kier molecular flexibility index (Phi) is 9.22. The number of carbonyl (C=O) groups excluding carboxylic acids is 3. The highest BCUT2D eigenvalue weighted by molar-refractivity contribution is 6.40. The van der Waals surface area contributed by atoms with Gasteiger partial charge in [-0.25, -0.2) is 4.79 Å². The third kappa shape index (κ3) is 6.90. The molecule has 34 heavy (non-hydrogen) atoms. The van der Waals surface area contributed by atoms with Gasteiger partial charge in [0.05, 0.1) is 22.2 Å². The lowest BCUT2D eigenvalue weighted by Gasteiger charge is -2.19. The van der Waals surface area contributed by atoms with Crippen molar-refractivity contribution < 1.29 is 19.1 Å². The van der Waals surface area contributed by atoms with Gasteiger partial charge in [-0.15, -0.1) is 0 Å². The molecule has 0 aliphatic rings. The lowest BCUT2D eigenvalue weighted by atomic mass is 10.0. The molecule has 0 fully saturated rings. The Bertz CT molecular complexity index is 1130. The SMILES string of the molecule is NCC(=O)CC[C@H](NC(=O)c1c(Cl)cc(-c2ccccc2)cc1Cl)C(=O)OCc1ccccc1. The van der Waals surface area contributed by atoms with Crippen molar-refractivity contribution in [1.82, 2.24) is 5.32 Å². The Balaban J connectivity index is 1.77. The van der Waals surface area contributed by atoms with Gasteiger partial charge in [-0.3, -0.25) is 9.59 Å². The summed E-state index contributed by atoms with van der Waals surface area (Å²) >= 11 is 12.8. The number of rotatable bonds is 10. The summed E-state index contributed by atoms with van der Waals surface area (Å²) in [5, 5.41) is 2.89. The maximum atomic E-state index is 13.0. The largest absolute Gasteiger partial charge is 0.459 e. The van der Waals surface area contributed by atoms with E-state index in [1.54, 1.807) is 12.1 Å². The maximum absolute atomic E-state index is 13.0. The van der Waals surface area contributed by atoms with E-state index in [0.717, 1.165) is 16.7 Å². The van der Waals surface area contributed by atoms with Gasteiger partial charge in [0.15, 0.2) is 0 Å². The second kappa shape index (κ2) is 12.3. The van der Waals surface area contributed by atoms with Crippen LogP contribution in [0.3, 0.4) is 0 Å². The van der Waals surface area contributed by atoms with Crippen molar-refractivity contribution in [2.75, 3.05) is 6.54 Å². The number of amides is 1. The molecule has 1 amide bonds. The Hall–Kier alpha value is -3.19. The summed E-state index contributed by atoms with van der Waals surface area (Å²) in [6, 6.07) is 20.8. The average Bonchev–Trinajstić information content (AvgIpc) is 2.85. The monoisotopic (exact) mass is 498 g/mol. The first kappa shape index (κ1) is 25.4. The fraction of sp³-hybridized carbons (Fsp3) is 0.192. The smallest absolute Gasteiger partial charge is 0.328 e. The van der Waals surface area contributed by atoms with Gasteiger partial charge in [0.1, 0.15) is 18.4 Å². The summed E-state index contributed by atoms with van der Waals surface area (Å²) in [4.78, 5) is 37.5. The first-order chi connectivity index (χ1) is 16.4. The van der Waals surface area contributed by atoms with Crippen LogP contribution in [0.5, 0.6) is 0 Å². The Morgan fingerprint density at radius 2 is 1.47 bits per heavy atom. The van der Waals surface area contributed by atoms with E-state index in [-0.39, 0.29) is 47.4 Å². The molecule has 0 aromatic heterocycles. The van der Waals surface area contributed by atoms with Gasteiger partial charge in [0, 0.05) is 6.42 Å². The van der Waals surface area contributed by atoms with Gasteiger partial charge in [-0.1, -0.05) is 83.9 Å². The summed E-state index contributed by atoms with van der Waals surface area (Å²) in [5.41, 5.74) is 7.84. The zero-order chi connectivity index (χ0) is 24.5. The summed E-state index contributed by atoms with van der Waals surface area (Å²) in [7, 11) is 0. The summed E-state index contributed by atoms with van der Waals surface area (Å²) < 4.78 is 5.37. The molecule has 6 nitrogen and oxygen atoms in total. The number of esters is 1. The van der Waals surface area contributed by atoms with Crippen molar-refractivity contribution in [2.24, 2.45) is 5.73 Å². The number of ketones is 1. The molecule has 3 aromatic carbocycles. The highest BCUT2D eigenvalue weighted by atomic mass is 35.5. The van der Waals surface area contributed by atoms with E-state index >= 15 is 0 Å². The predicted octanol–water partition coefficient (Wildman–Crippen LogP) is 4.81. The number of nitrogens with two attached hydrogens (primary N) is 1. The van der Waals surface area contributed by atoms with Gasteiger partial charge in [-0.2, -0.15) is 0 Å². The summed E-state index contributed by atoms with van der Waals surface area (Å²) in [6.45, 7) is -0.123. The molecule has 1 atom stereocenters.